The van der Waals surface area contributed by atoms with Gasteiger partial charge in [0.25, 0.3) is 0 Å². The molecule has 8 heteroatoms. The van der Waals surface area contributed by atoms with Crippen molar-refractivity contribution in [2.45, 2.75) is 38.8 Å². The number of hydrogen-bond donors (Lipinski definition) is 1. The van der Waals surface area contributed by atoms with E-state index in [0.717, 1.165) is 29.2 Å². The molecular weight excluding hydrogens is 405 g/mol. The van der Waals surface area contributed by atoms with E-state index in [2.05, 4.69) is 10.2 Å². The predicted octanol–water partition coefficient (Wildman–Crippen LogP) is 3.29. The molecule has 1 N–H and O–H groups in total. The molecule has 30 heavy (non-hydrogen) atoms. The molecule has 2 aromatic rings. The quantitative estimate of drug-likeness (QED) is 0.728. The molecule has 0 bridgehead atoms. The average molecular weight is 434 g/mol. The molecule has 1 aliphatic heterocycles. The van der Waals surface area contributed by atoms with Crippen molar-refractivity contribution in [1.82, 2.24) is 5.32 Å². The Morgan fingerprint density at radius 2 is 1.73 bits per heavy atom. The van der Waals surface area contributed by atoms with Crippen LogP contribution in [-0.4, -0.2) is 39.7 Å². The molecule has 1 fully saturated rings. The Morgan fingerprint density at radius 3 is 2.33 bits per heavy atom. The van der Waals surface area contributed by atoms with Crippen LogP contribution in [0.15, 0.2) is 48.5 Å². The highest BCUT2D eigenvalue weighted by atomic mass is 32.2. The molecule has 0 aliphatic carbocycles. The number of carbonyl (C=O) groups excluding carboxylic acids is 1. The first kappa shape index (κ1) is 22.1. The van der Waals surface area contributed by atoms with Gasteiger partial charge in [-0.3, -0.25) is 9.10 Å². The van der Waals surface area contributed by atoms with Crippen molar-refractivity contribution < 1.29 is 17.6 Å². The lowest BCUT2D eigenvalue weighted by molar-refractivity contribution is -0.122. The van der Waals surface area contributed by atoms with Crippen molar-refractivity contribution in [3.05, 3.63) is 59.9 Å². The summed E-state index contributed by atoms with van der Waals surface area (Å²) in [4.78, 5) is 15.0. The average Bonchev–Trinajstić information content (AvgIpc) is 2.73. The van der Waals surface area contributed by atoms with Gasteiger partial charge in [0.1, 0.15) is 11.9 Å². The van der Waals surface area contributed by atoms with Gasteiger partial charge >= 0.3 is 0 Å². The normalized spacial score (nSPS) is 15.5. The maximum Gasteiger partial charge on any atom is 0.243 e. The topological polar surface area (TPSA) is 69.7 Å². The summed E-state index contributed by atoms with van der Waals surface area (Å²) in [5.74, 6) is -1.19. The van der Waals surface area contributed by atoms with E-state index in [-0.39, 0.29) is 12.2 Å². The van der Waals surface area contributed by atoms with E-state index in [9.17, 15) is 17.6 Å². The van der Waals surface area contributed by atoms with Crippen molar-refractivity contribution in [3.63, 3.8) is 0 Å². The third-order valence-corrected chi connectivity index (χ3v) is 6.53. The van der Waals surface area contributed by atoms with E-state index in [0.29, 0.717) is 0 Å². The first-order valence-electron chi connectivity index (χ1n) is 10.1. The monoisotopic (exact) mass is 433 g/mol. The lowest BCUT2D eigenvalue weighted by Gasteiger charge is -2.29. The first-order valence-corrected chi connectivity index (χ1v) is 12.0. The number of para-hydroxylation sites is 1. The second-order valence-corrected chi connectivity index (χ2v) is 9.48. The summed E-state index contributed by atoms with van der Waals surface area (Å²) in [5.41, 5.74) is 1.93. The van der Waals surface area contributed by atoms with Gasteiger partial charge in [0.05, 0.1) is 11.9 Å². The number of piperidine rings is 1. The Balaban J connectivity index is 1.66. The van der Waals surface area contributed by atoms with Gasteiger partial charge in [-0.05, 0) is 56.0 Å². The Morgan fingerprint density at radius 1 is 1.10 bits per heavy atom. The van der Waals surface area contributed by atoms with Crippen molar-refractivity contribution in [3.8, 4) is 0 Å². The zero-order valence-corrected chi connectivity index (χ0v) is 18.2. The van der Waals surface area contributed by atoms with Crippen molar-refractivity contribution >= 4 is 27.3 Å². The van der Waals surface area contributed by atoms with Crippen LogP contribution in [0.4, 0.5) is 15.8 Å². The lowest BCUT2D eigenvalue weighted by atomic mass is 10.1. The largest absolute Gasteiger partial charge is 0.372 e. The summed E-state index contributed by atoms with van der Waals surface area (Å²) < 4.78 is 39.5. The molecule has 0 spiro atoms. The van der Waals surface area contributed by atoms with E-state index in [1.807, 2.05) is 24.3 Å². The molecule has 2 aromatic carbocycles. The minimum absolute atomic E-state index is 0.145. The maximum absolute atomic E-state index is 14.2. The van der Waals surface area contributed by atoms with E-state index in [1.165, 1.54) is 56.1 Å². The minimum atomic E-state index is -3.86. The number of rotatable bonds is 7. The van der Waals surface area contributed by atoms with Gasteiger partial charge < -0.3 is 10.2 Å². The van der Waals surface area contributed by atoms with Crippen molar-refractivity contribution in [1.29, 1.82) is 0 Å². The van der Waals surface area contributed by atoms with Gasteiger partial charge in [0.15, 0.2) is 0 Å². The van der Waals surface area contributed by atoms with Crippen LogP contribution in [0.5, 0.6) is 0 Å². The minimum Gasteiger partial charge on any atom is -0.372 e. The smallest absolute Gasteiger partial charge is 0.243 e. The van der Waals surface area contributed by atoms with E-state index >= 15 is 0 Å². The highest BCUT2D eigenvalue weighted by Gasteiger charge is 2.30. The molecule has 1 saturated heterocycles. The summed E-state index contributed by atoms with van der Waals surface area (Å²) in [6.45, 7) is 3.83. The first-order chi connectivity index (χ1) is 14.3. The third kappa shape index (κ3) is 5.30. The van der Waals surface area contributed by atoms with Crippen molar-refractivity contribution in [2.75, 3.05) is 28.6 Å². The summed E-state index contributed by atoms with van der Waals surface area (Å²) >= 11 is 0. The zero-order chi connectivity index (χ0) is 21.7. The third-order valence-electron chi connectivity index (χ3n) is 5.30. The van der Waals surface area contributed by atoms with Gasteiger partial charge in [-0.1, -0.05) is 24.3 Å². The number of sulfonamides is 1. The number of halogens is 1. The Kier molecular flexibility index (Phi) is 6.97. The molecule has 0 unspecified atom stereocenters. The van der Waals surface area contributed by atoms with Crippen molar-refractivity contribution in [2.24, 2.45) is 0 Å². The second kappa shape index (κ2) is 9.47. The zero-order valence-electron chi connectivity index (χ0n) is 17.3. The molecule has 1 amide bonds. The SMILES string of the molecule is C[C@H](C(=O)NCc1ccc(N2CCCCC2)cc1)N(c1ccccc1F)S(C)(=O)=O. The highest BCUT2D eigenvalue weighted by Crippen LogP contribution is 2.24. The van der Waals surface area contributed by atoms with Crippen LogP contribution in [0.2, 0.25) is 0 Å². The standard InChI is InChI=1S/C22H28FN3O3S/c1-17(26(30(2,28)29)21-9-5-4-8-20(21)23)22(27)24-16-18-10-12-19(13-11-18)25-14-6-3-7-15-25/h4-5,8-13,17H,3,6-7,14-16H2,1-2H3,(H,24,27)/t17-/m1/s1. The van der Waals surface area contributed by atoms with Crippen LogP contribution in [0, 0.1) is 5.82 Å². The number of nitrogens with one attached hydrogen (secondary N) is 1. The molecule has 0 radical (unpaired) electrons. The van der Waals surface area contributed by atoms with Crippen LogP contribution in [0.3, 0.4) is 0 Å². The second-order valence-electron chi connectivity index (χ2n) is 7.62. The summed E-state index contributed by atoms with van der Waals surface area (Å²) in [6, 6.07) is 12.4. The van der Waals surface area contributed by atoms with Gasteiger partial charge in [-0.2, -0.15) is 0 Å². The van der Waals surface area contributed by atoms with E-state index in [1.54, 1.807) is 0 Å². The number of nitrogens with zero attached hydrogens (tertiary/aromatic N) is 2. The Labute approximate surface area is 177 Å². The number of amides is 1. The van der Waals surface area contributed by atoms with Gasteiger partial charge in [-0.25, -0.2) is 12.8 Å². The van der Waals surface area contributed by atoms with Crippen LogP contribution in [-0.2, 0) is 21.4 Å². The number of benzene rings is 2. The molecule has 0 aromatic heterocycles. The van der Waals surface area contributed by atoms with Crippen LogP contribution in [0.1, 0.15) is 31.7 Å². The fourth-order valence-corrected chi connectivity index (χ4v) is 4.90. The highest BCUT2D eigenvalue weighted by molar-refractivity contribution is 7.92. The summed E-state index contributed by atoms with van der Waals surface area (Å²) in [6.07, 6.45) is 4.64. The van der Waals surface area contributed by atoms with Crippen LogP contribution >= 0.6 is 0 Å². The number of anilines is 2. The van der Waals surface area contributed by atoms with E-state index in [4.69, 9.17) is 0 Å². The number of hydrogen-bond acceptors (Lipinski definition) is 4. The fraction of sp³-hybridized carbons (Fsp3) is 0.409. The van der Waals surface area contributed by atoms with Crippen LogP contribution < -0.4 is 14.5 Å². The van der Waals surface area contributed by atoms with E-state index < -0.39 is 27.8 Å². The molecule has 3 rings (SSSR count). The molecular formula is C22H28FN3O3S. The summed E-state index contributed by atoms with van der Waals surface area (Å²) in [5, 5.41) is 2.76. The molecule has 0 saturated carbocycles. The maximum atomic E-state index is 14.2. The van der Waals surface area contributed by atoms with Gasteiger partial charge in [0, 0.05) is 25.3 Å². The molecule has 1 aliphatic rings. The molecule has 1 heterocycles. The molecule has 162 valence electrons. The molecule has 1 atom stereocenters. The van der Waals surface area contributed by atoms with Gasteiger partial charge in [0.2, 0.25) is 15.9 Å². The Hall–Kier alpha value is -2.61. The van der Waals surface area contributed by atoms with Crippen LogP contribution in [0.25, 0.3) is 0 Å². The fourth-order valence-electron chi connectivity index (χ4n) is 3.73. The predicted molar refractivity (Wildman–Crippen MR) is 118 cm³/mol. The summed E-state index contributed by atoms with van der Waals surface area (Å²) in [7, 11) is -3.86. The molecule has 6 nitrogen and oxygen atoms in total. The number of carbonyl (C=O) groups is 1. The Bertz CT molecular complexity index is 973. The lowest BCUT2D eigenvalue weighted by Crippen LogP contribution is -2.48. The van der Waals surface area contributed by atoms with Gasteiger partial charge in [-0.15, -0.1) is 0 Å².